The summed E-state index contributed by atoms with van der Waals surface area (Å²) in [7, 11) is 0. The number of hydrogen-bond donors (Lipinski definition) is 2. The molecule has 4 atom stereocenters. The normalized spacial score (nSPS) is 32.5. The molecule has 0 radical (unpaired) electrons. The molecule has 5 nitrogen and oxygen atoms in total. The molecule has 0 unspecified atom stereocenters. The summed E-state index contributed by atoms with van der Waals surface area (Å²) < 4.78 is 0. The van der Waals surface area contributed by atoms with E-state index in [1.54, 1.807) is 11.8 Å². The second-order valence-electron chi connectivity index (χ2n) is 7.13. The van der Waals surface area contributed by atoms with Gasteiger partial charge in [-0.25, -0.2) is 0 Å². The molecule has 0 bridgehead atoms. The molecule has 2 aromatic rings. The van der Waals surface area contributed by atoms with E-state index in [4.69, 9.17) is 0 Å². The van der Waals surface area contributed by atoms with Crippen molar-refractivity contribution >= 4 is 17.5 Å². The predicted molar refractivity (Wildman–Crippen MR) is 93.9 cm³/mol. The van der Waals surface area contributed by atoms with Gasteiger partial charge in [-0.1, -0.05) is 48.5 Å². The van der Waals surface area contributed by atoms with Crippen molar-refractivity contribution in [2.75, 3.05) is 5.32 Å². The Morgan fingerprint density at radius 3 is 2.52 bits per heavy atom. The zero-order chi connectivity index (χ0) is 17.2. The molecule has 5 rings (SSSR count). The monoisotopic (exact) mass is 333 g/mol. The zero-order valence-electron chi connectivity index (χ0n) is 13.9. The summed E-state index contributed by atoms with van der Waals surface area (Å²) in [5, 5.41) is 6.36. The van der Waals surface area contributed by atoms with E-state index in [1.807, 2.05) is 36.4 Å². The first-order valence-corrected chi connectivity index (χ1v) is 8.67. The topological polar surface area (TPSA) is 61.4 Å². The number of fused-ring (bicyclic) bond motifs is 5. The molecule has 3 aliphatic heterocycles. The Hall–Kier alpha value is -2.82. The number of carbonyl (C=O) groups is 2. The minimum Gasteiger partial charge on any atom is -0.364 e. The van der Waals surface area contributed by atoms with Gasteiger partial charge in [-0.2, -0.15) is 0 Å². The third kappa shape index (κ3) is 1.73. The van der Waals surface area contributed by atoms with Gasteiger partial charge >= 0.3 is 0 Å². The van der Waals surface area contributed by atoms with E-state index in [1.165, 1.54) is 0 Å². The summed E-state index contributed by atoms with van der Waals surface area (Å²) in [5.41, 5.74) is 2.94. The number of amides is 2. The van der Waals surface area contributed by atoms with Gasteiger partial charge in [0.2, 0.25) is 11.8 Å². The molecular weight excluding hydrogens is 314 g/mol. The average Bonchev–Trinajstić information content (AvgIpc) is 3.13. The summed E-state index contributed by atoms with van der Waals surface area (Å²) in [6.45, 7) is 1.75. The van der Waals surface area contributed by atoms with Crippen molar-refractivity contribution in [2.45, 2.75) is 37.0 Å². The maximum atomic E-state index is 12.9. The van der Waals surface area contributed by atoms with Gasteiger partial charge in [0.05, 0.1) is 5.41 Å². The highest BCUT2D eigenvalue weighted by Gasteiger charge is 2.63. The lowest BCUT2D eigenvalue weighted by Crippen LogP contribution is -2.63. The van der Waals surface area contributed by atoms with Crippen LogP contribution in [0.5, 0.6) is 0 Å². The lowest BCUT2D eigenvalue weighted by atomic mass is 9.72. The standard InChI is InChI=1S/C20H19N3O2/c1-12-18(25)23-16(17(24)21-12)11-20(13-7-3-2-4-8-13)14-9-5-6-10-15(14)22-19(20)23/h2-10,12,16,19,22H,11H2,1H3,(H,21,24)/t12-,16+,19-,20+/m1/s1. The molecule has 2 amide bonds. The molecule has 3 heterocycles. The Labute approximate surface area is 146 Å². The van der Waals surface area contributed by atoms with Crippen LogP contribution in [-0.2, 0) is 15.0 Å². The Morgan fingerprint density at radius 1 is 1.00 bits per heavy atom. The van der Waals surface area contributed by atoms with Gasteiger partial charge in [0.25, 0.3) is 0 Å². The van der Waals surface area contributed by atoms with Gasteiger partial charge in [0.1, 0.15) is 18.2 Å². The molecule has 2 saturated heterocycles. The largest absolute Gasteiger partial charge is 0.364 e. The first kappa shape index (κ1) is 14.5. The Balaban J connectivity index is 1.75. The molecular formula is C20H19N3O2. The van der Waals surface area contributed by atoms with E-state index < -0.39 is 17.5 Å². The molecule has 126 valence electrons. The van der Waals surface area contributed by atoms with E-state index in [0.29, 0.717) is 6.42 Å². The van der Waals surface area contributed by atoms with Crippen LogP contribution in [0.1, 0.15) is 24.5 Å². The van der Waals surface area contributed by atoms with Crippen molar-refractivity contribution in [1.29, 1.82) is 0 Å². The summed E-state index contributed by atoms with van der Waals surface area (Å²) in [6, 6.07) is 17.5. The number of nitrogens with one attached hydrogen (secondary N) is 2. The first-order chi connectivity index (χ1) is 12.1. The van der Waals surface area contributed by atoms with E-state index in [-0.39, 0.29) is 18.0 Å². The molecule has 5 heteroatoms. The fourth-order valence-electron chi connectivity index (χ4n) is 4.79. The van der Waals surface area contributed by atoms with Crippen molar-refractivity contribution in [2.24, 2.45) is 0 Å². The van der Waals surface area contributed by atoms with Crippen LogP contribution in [0, 0.1) is 0 Å². The zero-order valence-corrected chi connectivity index (χ0v) is 13.9. The van der Waals surface area contributed by atoms with Gasteiger partial charge in [0.15, 0.2) is 0 Å². The van der Waals surface area contributed by atoms with Crippen molar-refractivity contribution in [3.8, 4) is 0 Å². The maximum absolute atomic E-state index is 12.9. The van der Waals surface area contributed by atoms with E-state index in [0.717, 1.165) is 16.8 Å². The fraction of sp³-hybridized carbons (Fsp3) is 0.300. The van der Waals surface area contributed by atoms with Crippen LogP contribution in [0.4, 0.5) is 5.69 Å². The quantitative estimate of drug-likeness (QED) is 0.837. The summed E-state index contributed by atoms with van der Waals surface area (Å²) in [6.07, 6.45) is 0.356. The molecule has 2 aromatic carbocycles. The van der Waals surface area contributed by atoms with Gasteiger partial charge in [-0.15, -0.1) is 0 Å². The van der Waals surface area contributed by atoms with Crippen molar-refractivity contribution < 1.29 is 9.59 Å². The van der Waals surface area contributed by atoms with Crippen LogP contribution < -0.4 is 10.6 Å². The molecule has 0 saturated carbocycles. The fourth-order valence-corrected chi connectivity index (χ4v) is 4.79. The van der Waals surface area contributed by atoms with Crippen molar-refractivity contribution in [3.63, 3.8) is 0 Å². The van der Waals surface area contributed by atoms with E-state index in [2.05, 4.69) is 28.8 Å². The van der Waals surface area contributed by atoms with Crippen molar-refractivity contribution in [1.82, 2.24) is 10.2 Å². The van der Waals surface area contributed by atoms with Crippen LogP contribution in [0.3, 0.4) is 0 Å². The van der Waals surface area contributed by atoms with E-state index >= 15 is 0 Å². The second-order valence-corrected chi connectivity index (χ2v) is 7.13. The first-order valence-electron chi connectivity index (χ1n) is 8.67. The SMILES string of the molecule is C[C@H]1NC(=O)[C@@H]2C[C@]3(c4ccccc4)c4ccccc4N[C@@H]3N2C1=O. The molecule has 25 heavy (non-hydrogen) atoms. The van der Waals surface area contributed by atoms with Crippen LogP contribution in [0.15, 0.2) is 54.6 Å². The van der Waals surface area contributed by atoms with Crippen molar-refractivity contribution in [3.05, 3.63) is 65.7 Å². The maximum Gasteiger partial charge on any atom is 0.247 e. The number of piperazine rings is 1. The number of rotatable bonds is 1. The number of anilines is 1. The molecule has 2 fully saturated rings. The summed E-state index contributed by atoms with van der Waals surface area (Å²) in [5.74, 6) is -0.0798. The van der Waals surface area contributed by atoms with Gasteiger partial charge in [-0.3, -0.25) is 9.59 Å². The lowest BCUT2D eigenvalue weighted by Gasteiger charge is -2.37. The van der Waals surface area contributed by atoms with Crippen LogP contribution in [-0.4, -0.2) is 35.0 Å². The summed E-state index contributed by atoms with van der Waals surface area (Å²) >= 11 is 0. The molecule has 0 aromatic heterocycles. The Morgan fingerprint density at radius 2 is 1.72 bits per heavy atom. The highest BCUT2D eigenvalue weighted by molar-refractivity contribution is 5.98. The van der Waals surface area contributed by atoms with Gasteiger partial charge in [0, 0.05) is 5.69 Å². The molecule has 2 N–H and O–H groups in total. The number of carbonyl (C=O) groups excluding carboxylic acids is 2. The van der Waals surface area contributed by atoms with Gasteiger partial charge in [-0.05, 0) is 30.5 Å². The highest BCUT2D eigenvalue weighted by Crippen LogP contribution is 2.55. The van der Waals surface area contributed by atoms with Crippen LogP contribution in [0.2, 0.25) is 0 Å². The third-order valence-electron chi connectivity index (χ3n) is 5.87. The highest BCUT2D eigenvalue weighted by atomic mass is 16.2. The average molecular weight is 333 g/mol. The number of nitrogens with zero attached hydrogens (tertiary/aromatic N) is 1. The molecule has 0 spiro atoms. The third-order valence-corrected chi connectivity index (χ3v) is 5.87. The lowest BCUT2D eigenvalue weighted by molar-refractivity contribution is -0.148. The smallest absolute Gasteiger partial charge is 0.247 e. The van der Waals surface area contributed by atoms with E-state index in [9.17, 15) is 9.59 Å². The molecule has 0 aliphatic carbocycles. The molecule has 3 aliphatic rings. The van der Waals surface area contributed by atoms with Crippen LogP contribution >= 0.6 is 0 Å². The minimum atomic E-state index is -0.485. The predicted octanol–water partition coefficient (Wildman–Crippen LogP) is 1.84. The van der Waals surface area contributed by atoms with Crippen LogP contribution in [0.25, 0.3) is 0 Å². The minimum absolute atomic E-state index is 0.0206. The number of benzene rings is 2. The number of hydrogen-bond acceptors (Lipinski definition) is 3. The summed E-state index contributed by atoms with van der Waals surface area (Å²) in [4.78, 5) is 27.3. The van der Waals surface area contributed by atoms with Gasteiger partial charge < -0.3 is 15.5 Å². The Kier molecular flexibility index (Phi) is 2.82. The second kappa shape index (κ2) is 4.85. The Bertz CT molecular complexity index is 882. The number of para-hydroxylation sites is 1.